The normalized spacial score (nSPS) is 14.4. The molecule has 2 aromatic rings. The summed E-state index contributed by atoms with van der Waals surface area (Å²) in [6.45, 7) is 0. The Labute approximate surface area is 116 Å². The lowest BCUT2D eigenvalue weighted by Crippen LogP contribution is -1.98. The number of rotatable bonds is 3. The van der Waals surface area contributed by atoms with E-state index < -0.39 is 0 Å². The van der Waals surface area contributed by atoms with Crippen molar-refractivity contribution in [2.45, 2.75) is 28.9 Å². The number of halogens is 1. The Balaban J connectivity index is 1.86. The van der Waals surface area contributed by atoms with Crippen molar-refractivity contribution in [1.82, 2.24) is 20.2 Å². The lowest BCUT2D eigenvalue weighted by Gasteiger charge is -2.03. The van der Waals surface area contributed by atoms with Gasteiger partial charge in [0.15, 0.2) is 0 Å². The first-order valence-corrected chi connectivity index (χ1v) is 7.04. The molecule has 0 spiro atoms. The first kappa shape index (κ1) is 11.7. The highest BCUT2D eigenvalue weighted by molar-refractivity contribution is 9.10. The fourth-order valence-electron chi connectivity index (χ4n) is 1.56. The molecule has 90 valence electrons. The Hall–Kier alpha value is -1.39. The van der Waals surface area contributed by atoms with Gasteiger partial charge in [0, 0.05) is 9.37 Å². The van der Waals surface area contributed by atoms with Gasteiger partial charge in [0.05, 0.1) is 11.6 Å². The third-order valence-corrected chi connectivity index (χ3v) is 4.22. The van der Waals surface area contributed by atoms with E-state index in [0.717, 1.165) is 27.4 Å². The van der Waals surface area contributed by atoms with Crippen LogP contribution in [0.15, 0.2) is 32.7 Å². The molecule has 1 heterocycles. The van der Waals surface area contributed by atoms with E-state index in [4.69, 9.17) is 5.26 Å². The van der Waals surface area contributed by atoms with Crippen molar-refractivity contribution in [3.63, 3.8) is 0 Å². The first-order chi connectivity index (χ1) is 8.78. The van der Waals surface area contributed by atoms with Crippen LogP contribution in [0.25, 0.3) is 0 Å². The van der Waals surface area contributed by atoms with Crippen LogP contribution in [0.4, 0.5) is 0 Å². The molecule has 1 saturated carbocycles. The summed E-state index contributed by atoms with van der Waals surface area (Å²) in [5.41, 5.74) is 0.626. The Morgan fingerprint density at radius 3 is 2.94 bits per heavy atom. The molecule has 0 saturated heterocycles. The van der Waals surface area contributed by atoms with E-state index in [1.807, 2.05) is 16.8 Å². The predicted molar refractivity (Wildman–Crippen MR) is 69.1 cm³/mol. The largest absolute Gasteiger partial charge is 0.217 e. The van der Waals surface area contributed by atoms with Crippen LogP contribution in [0.1, 0.15) is 24.4 Å². The van der Waals surface area contributed by atoms with Crippen molar-refractivity contribution < 1.29 is 0 Å². The van der Waals surface area contributed by atoms with Gasteiger partial charge in [0.25, 0.3) is 0 Å². The average Bonchev–Trinajstić information content (AvgIpc) is 3.11. The quantitative estimate of drug-likeness (QED) is 0.869. The van der Waals surface area contributed by atoms with Crippen molar-refractivity contribution in [3.8, 4) is 6.07 Å². The minimum absolute atomic E-state index is 0.462. The van der Waals surface area contributed by atoms with Gasteiger partial charge in [0.1, 0.15) is 6.07 Å². The fraction of sp³-hybridized carbons (Fsp3) is 0.273. The van der Waals surface area contributed by atoms with Crippen LogP contribution in [0.3, 0.4) is 0 Å². The standard InChI is InChI=1S/C11H8BrN5S/c12-10-5-9(4-1-7(10)6-13)18-11-14-15-16-17(11)8-2-3-8/h1,4-5,8H,2-3H2. The van der Waals surface area contributed by atoms with Crippen LogP contribution in [0, 0.1) is 11.3 Å². The highest BCUT2D eigenvalue weighted by atomic mass is 79.9. The molecule has 1 aliphatic carbocycles. The first-order valence-electron chi connectivity index (χ1n) is 5.43. The Morgan fingerprint density at radius 2 is 2.28 bits per heavy atom. The van der Waals surface area contributed by atoms with Gasteiger partial charge in [-0.15, -0.1) is 5.10 Å². The summed E-state index contributed by atoms with van der Waals surface area (Å²) in [4.78, 5) is 1.01. The number of tetrazole rings is 1. The summed E-state index contributed by atoms with van der Waals surface area (Å²) >= 11 is 4.89. The minimum atomic E-state index is 0.462. The summed E-state index contributed by atoms with van der Waals surface area (Å²) < 4.78 is 2.66. The van der Waals surface area contributed by atoms with Crippen molar-refractivity contribution in [3.05, 3.63) is 28.2 Å². The molecule has 1 aromatic heterocycles. The van der Waals surface area contributed by atoms with Crippen LogP contribution in [-0.2, 0) is 0 Å². The number of nitriles is 1. The molecule has 1 aromatic carbocycles. The van der Waals surface area contributed by atoms with Gasteiger partial charge in [-0.2, -0.15) is 5.26 Å². The molecular weight excluding hydrogens is 314 g/mol. The highest BCUT2D eigenvalue weighted by Gasteiger charge is 2.28. The summed E-state index contributed by atoms with van der Waals surface area (Å²) in [6.07, 6.45) is 2.30. The van der Waals surface area contributed by atoms with Crippen molar-refractivity contribution in [2.75, 3.05) is 0 Å². The zero-order valence-corrected chi connectivity index (χ0v) is 11.6. The molecule has 1 aliphatic rings. The van der Waals surface area contributed by atoms with Crippen LogP contribution in [0.2, 0.25) is 0 Å². The van der Waals surface area contributed by atoms with Gasteiger partial charge in [0.2, 0.25) is 5.16 Å². The van der Waals surface area contributed by atoms with E-state index >= 15 is 0 Å². The van der Waals surface area contributed by atoms with Gasteiger partial charge in [-0.05, 0) is 69.2 Å². The lowest BCUT2D eigenvalue weighted by atomic mass is 10.2. The molecule has 0 bridgehead atoms. The van der Waals surface area contributed by atoms with Gasteiger partial charge in [-0.3, -0.25) is 0 Å². The lowest BCUT2D eigenvalue weighted by molar-refractivity contribution is 0.565. The summed E-state index contributed by atoms with van der Waals surface area (Å²) in [7, 11) is 0. The molecule has 0 radical (unpaired) electrons. The second-order valence-corrected chi connectivity index (χ2v) is 5.89. The van der Waals surface area contributed by atoms with Gasteiger partial charge >= 0.3 is 0 Å². The molecule has 7 heteroatoms. The molecule has 0 N–H and O–H groups in total. The zero-order valence-electron chi connectivity index (χ0n) is 9.25. The third kappa shape index (κ3) is 2.26. The van der Waals surface area contributed by atoms with E-state index in [1.54, 1.807) is 6.07 Å². The van der Waals surface area contributed by atoms with E-state index in [-0.39, 0.29) is 0 Å². The maximum Gasteiger partial charge on any atom is 0.214 e. The minimum Gasteiger partial charge on any atom is -0.217 e. The smallest absolute Gasteiger partial charge is 0.214 e. The van der Waals surface area contributed by atoms with Crippen LogP contribution < -0.4 is 0 Å². The Kier molecular flexibility index (Phi) is 3.06. The molecule has 0 atom stereocenters. The second-order valence-electron chi connectivity index (χ2n) is 3.99. The Bertz CT molecular complexity index is 629. The van der Waals surface area contributed by atoms with Crippen molar-refractivity contribution >= 4 is 27.7 Å². The number of hydrogen-bond donors (Lipinski definition) is 0. The molecular formula is C11H8BrN5S. The number of nitrogens with zero attached hydrogens (tertiary/aromatic N) is 5. The third-order valence-electron chi connectivity index (χ3n) is 2.63. The van der Waals surface area contributed by atoms with E-state index in [9.17, 15) is 0 Å². The molecule has 5 nitrogen and oxygen atoms in total. The van der Waals surface area contributed by atoms with E-state index in [2.05, 4.69) is 37.5 Å². The van der Waals surface area contributed by atoms with Crippen LogP contribution >= 0.6 is 27.7 Å². The summed E-state index contributed by atoms with van der Waals surface area (Å²) in [6, 6.07) is 8.19. The Morgan fingerprint density at radius 1 is 1.44 bits per heavy atom. The SMILES string of the molecule is N#Cc1ccc(Sc2nnnn2C2CC2)cc1Br. The zero-order chi connectivity index (χ0) is 12.5. The fourth-order valence-corrected chi connectivity index (χ4v) is 3.06. The number of hydrogen-bond acceptors (Lipinski definition) is 5. The molecule has 0 unspecified atom stereocenters. The topological polar surface area (TPSA) is 67.4 Å². The van der Waals surface area contributed by atoms with Crippen molar-refractivity contribution in [1.29, 1.82) is 5.26 Å². The van der Waals surface area contributed by atoms with E-state index in [1.165, 1.54) is 11.8 Å². The molecule has 1 fully saturated rings. The van der Waals surface area contributed by atoms with Crippen LogP contribution in [0.5, 0.6) is 0 Å². The monoisotopic (exact) mass is 321 g/mol. The van der Waals surface area contributed by atoms with Crippen LogP contribution in [-0.4, -0.2) is 20.2 Å². The molecule has 3 rings (SSSR count). The molecule has 0 aliphatic heterocycles. The van der Waals surface area contributed by atoms with Crippen molar-refractivity contribution in [2.24, 2.45) is 0 Å². The predicted octanol–water partition coefficient (Wildman–Crippen LogP) is 2.79. The summed E-state index contributed by atoms with van der Waals surface area (Å²) in [5, 5.41) is 21.4. The molecule has 0 amide bonds. The molecule has 18 heavy (non-hydrogen) atoms. The van der Waals surface area contributed by atoms with Gasteiger partial charge in [-0.25, -0.2) is 4.68 Å². The highest BCUT2D eigenvalue weighted by Crippen LogP contribution is 2.38. The van der Waals surface area contributed by atoms with E-state index in [0.29, 0.717) is 11.6 Å². The second kappa shape index (κ2) is 4.71. The summed E-state index contributed by atoms with van der Waals surface area (Å²) in [5.74, 6) is 0. The van der Waals surface area contributed by atoms with Gasteiger partial charge < -0.3 is 0 Å². The van der Waals surface area contributed by atoms with Gasteiger partial charge in [-0.1, -0.05) is 0 Å². The maximum atomic E-state index is 8.87. The average molecular weight is 322 g/mol. The number of benzene rings is 1. The maximum absolute atomic E-state index is 8.87. The number of aromatic nitrogens is 4.